The Labute approximate surface area is 128 Å². The number of benzene rings is 1. The van der Waals surface area contributed by atoms with E-state index in [1.165, 1.54) is 6.08 Å². The molecule has 0 fully saturated rings. The lowest BCUT2D eigenvalue weighted by atomic mass is 9.88. The quantitative estimate of drug-likeness (QED) is 0.848. The van der Waals surface area contributed by atoms with Gasteiger partial charge >= 0.3 is 0 Å². The maximum absolute atomic E-state index is 12.9. The zero-order valence-electron chi connectivity index (χ0n) is 14.4. The third-order valence-corrected chi connectivity index (χ3v) is 3.05. The molecule has 1 N–H and O–H groups in total. The van der Waals surface area contributed by atoms with E-state index < -0.39 is 6.88 Å². The summed E-state index contributed by atoms with van der Waals surface area (Å²) >= 11 is 0. The Kier molecular flexibility index (Phi) is 3.56. The van der Waals surface area contributed by atoms with Gasteiger partial charge in [-0.2, -0.15) is 0 Å². The van der Waals surface area contributed by atoms with Crippen molar-refractivity contribution in [1.82, 2.24) is 0 Å². The van der Waals surface area contributed by atoms with Crippen LogP contribution in [0.4, 0.5) is 0 Å². The molecule has 3 nitrogen and oxygen atoms in total. The van der Waals surface area contributed by atoms with Gasteiger partial charge in [-0.15, -0.1) is 0 Å². The molecule has 0 atom stereocenters. The number of ketones is 1. The Morgan fingerprint density at radius 2 is 1.95 bits per heavy atom. The lowest BCUT2D eigenvalue weighted by molar-refractivity contribution is -0.110. The third-order valence-electron chi connectivity index (χ3n) is 3.05. The molecular formula is C18H20O3. The molecule has 0 spiro atoms. The maximum Gasteiger partial charge on any atom is 0.197 e. The zero-order valence-corrected chi connectivity index (χ0v) is 12.4. The summed E-state index contributed by atoms with van der Waals surface area (Å²) < 4.78 is 20.7. The SMILES string of the molecule is [2H]C([2H])/C(C)=C1/C=C(O)C(OC(C)C)=C(c2ccccc2)C1=O. The standard InChI is InChI=1S/C18H20O3/c1-11(2)14-10-15(19)18(21-12(3)4)16(17(14)20)13-8-6-5-7-9-13/h5-10,12,19H,1-4H3/i1D2/b14-11+. The van der Waals surface area contributed by atoms with Crippen molar-refractivity contribution >= 4 is 11.4 Å². The van der Waals surface area contributed by atoms with Gasteiger partial charge in [0.1, 0.15) is 0 Å². The van der Waals surface area contributed by atoms with E-state index in [4.69, 9.17) is 7.48 Å². The summed E-state index contributed by atoms with van der Waals surface area (Å²) in [5, 5.41) is 10.3. The van der Waals surface area contributed by atoms with Crippen LogP contribution in [0.1, 0.15) is 36.0 Å². The van der Waals surface area contributed by atoms with Crippen molar-refractivity contribution in [2.45, 2.75) is 33.8 Å². The molecule has 0 saturated carbocycles. The van der Waals surface area contributed by atoms with Gasteiger partial charge in [0.05, 0.1) is 11.7 Å². The van der Waals surface area contributed by atoms with E-state index >= 15 is 0 Å². The lowest BCUT2D eigenvalue weighted by Crippen LogP contribution is -2.18. The van der Waals surface area contributed by atoms with Crippen molar-refractivity contribution in [3.8, 4) is 0 Å². The fourth-order valence-corrected chi connectivity index (χ4v) is 2.15. The fraction of sp³-hybridized carbons (Fsp3) is 0.278. The molecule has 1 aromatic carbocycles. The smallest absolute Gasteiger partial charge is 0.197 e. The number of carbonyl (C=O) groups is 1. The minimum absolute atomic E-state index is 0.138. The summed E-state index contributed by atoms with van der Waals surface area (Å²) in [6.45, 7) is 3.90. The van der Waals surface area contributed by atoms with E-state index in [1.807, 2.05) is 19.9 Å². The van der Waals surface area contributed by atoms with Crippen LogP contribution < -0.4 is 0 Å². The number of aliphatic hydroxyl groups excluding tert-OH is 1. The number of rotatable bonds is 3. The molecule has 0 saturated heterocycles. The van der Waals surface area contributed by atoms with Crippen molar-refractivity contribution < 1.29 is 17.4 Å². The summed E-state index contributed by atoms with van der Waals surface area (Å²) in [4.78, 5) is 12.9. The molecule has 0 radical (unpaired) electrons. The van der Waals surface area contributed by atoms with Gasteiger partial charge in [0.15, 0.2) is 17.3 Å². The largest absolute Gasteiger partial charge is 0.504 e. The second-order valence-electron chi connectivity index (χ2n) is 5.19. The summed E-state index contributed by atoms with van der Waals surface area (Å²) in [5.74, 6) is -0.363. The minimum atomic E-state index is -1.28. The minimum Gasteiger partial charge on any atom is -0.504 e. The van der Waals surface area contributed by atoms with Gasteiger partial charge in [-0.05, 0) is 39.3 Å². The van der Waals surface area contributed by atoms with Crippen molar-refractivity contribution in [3.63, 3.8) is 0 Å². The van der Waals surface area contributed by atoms with Crippen LogP contribution in [-0.2, 0) is 9.53 Å². The van der Waals surface area contributed by atoms with Gasteiger partial charge in [0, 0.05) is 8.31 Å². The van der Waals surface area contributed by atoms with E-state index in [9.17, 15) is 9.90 Å². The number of ether oxygens (including phenoxy) is 1. The van der Waals surface area contributed by atoms with Crippen LogP contribution in [-0.4, -0.2) is 17.0 Å². The van der Waals surface area contributed by atoms with E-state index in [2.05, 4.69) is 0 Å². The number of allylic oxidation sites excluding steroid dienone is 4. The highest BCUT2D eigenvalue weighted by molar-refractivity contribution is 6.32. The Balaban J connectivity index is 2.68. The number of hydrogen-bond donors (Lipinski definition) is 1. The first-order chi connectivity index (χ1) is 10.8. The van der Waals surface area contributed by atoms with Crippen molar-refractivity contribution in [2.75, 3.05) is 0 Å². The van der Waals surface area contributed by atoms with Crippen molar-refractivity contribution in [3.05, 3.63) is 64.6 Å². The van der Waals surface area contributed by atoms with Crippen LogP contribution in [0.3, 0.4) is 0 Å². The average Bonchev–Trinajstić information content (AvgIpc) is 2.50. The molecule has 3 heteroatoms. The third kappa shape index (κ3) is 3.07. The van der Waals surface area contributed by atoms with Gasteiger partial charge in [-0.25, -0.2) is 0 Å². The molecule has 0 heterocycles. The summed E-state index contributed by atoms with van der Waals surface area (Å²) in [6, 6.07) is 8.96. The van der Waals surface area contributed by atoms with Gasteiger partial charge < -0.3 is 9.84 Å². The van der Waals surface area contributed by atoms with Crippen molar-refractivity contribution in [2.24, 2.45) is 0 Å². The van der Waals surface area contributed by atoms with Crippen LogP contribution in [0.25, 0.3) is 5.57 Å². The molecule has 2 rings (SSSR count). The topological polar surface area (TPSA) is 46.5 Å². The first-order valence-corrected chi connectivity index (χ1v) is 6.80. The van der Waals surface area contributed by atoms with E-state index in [0.717, 1.165) is 0 Å². The average molecular weight is 286 g/mol. The molecule has 0 bridgehead atoms. The number of Topliss-reactive ketones (excluding diaryl/α,β-unsaturated/α-hetero) is 1. The van der Waals surface area contributed by atoms with Crippen LogP contribution in [0.15, 0.2) is 59.1 Å². The molecule has 1 aliphatic carbocycles. The monoisotopic (exact) mass is 286 g/mol. The van der Waals surface area contributed by atoms with Gasteiger partial charge in [-0.3, -0.25) is 4.79 Å². The fourth-order valence-electron chi connectivity index (χ4n) is 2.15. The molecule has 0 aliphatic heterocycles. The molecule has 0 amide bonds. The predicted molar refractivity (Wildman–Crippen MR) is 83.7 cm³/mol. The maximum atomic E-state index is 12.9. The van der Waals surface area contributed by atoms with Crippen molar-refractivity contribution in [1.29, 1.82) is 0 Å². The second kappa shape index (κ2) is 6.00. The van der Waals surface area contributed by atoms with Gasteiger partial charge in [-0.1, -0.05) is 35.9 Å². The zero-order chi connectivity index (χ0) is 17.1. The first-order valence-electron chi connectivity index (χ1n) is 7.95. The predicted octanol–water partition coefficient (Wildman–Crippen LogP) is 4.18. The second-order valence-corrected chi connectivity index (χ2v) is 5.19. The van der Waals surface area contributed by atoms with Gasteiger partial charge in [0.25, 0.3) is 0 Å². The molecule has 1 aliphatic rings. The molecule has 0 aromatic heterocycles. The Bertz CT molecular complexity index is 698. The number of aliphatic hydroxyl groups is 1. The normalized spacial score (nSPS) is 19.5. The molecule has 110 valence electrons. The van der Waals surface area contributed by atoms with E-state index in [0.29, 0.717) is 11.1 Å². The Hall–Kier alpha value is -2.29. The van der Waals surface area contributed by atoms with Crippen LogP contribution in [0.2, 0.25) is 0 Å². The first kappa shape index (κ1) is 12.5. The molecular weight excluding hydrogens is 264 g/mol. The number of hydrogen-bond acceptors (Lipinski definition) is 3. The summed E-state index contributed by atoms with van der Waals surface area (Å²) in [7, 11) is 0. The molecule has 0 unspecified atom stereocenters. The highest BCUT2D eigenvalue weighted by atomic mass is 16.5. The van der Waals surface area contributed by atoms with E-state index in [-0.39, 0.29) is 34.6 Å². The summed E-state index contributed by atoms with van der Waals surface area (Å²) in [5.41, 5.74) is 1.35. The Morgan fingerprint density at radius 1 is 1.29 bits per heavy atom. The number of carbonyl (C=O) groups excluding carboxylic acids is 1. The lowest BCUT2D eigenvalue weighted by Gasteiger charge is -2.22. The summed E-state index contributed by atoms with van der Waals surface area (Å²) in [6.07, 6.45) is 1.08. The highest BCUT2D eigenvalue weighted by Crippen LogP contribution is 2.34. The van der Waals surface area contributed by atoms with Gasteiger partial charge in [0.2, 0.25) is 0 Å². The molecule has 21 heavy (non-hydrogen) atoms. The highest BCUT2D eigenvalue weighted by Gasteiger charge is 2.29. The Morgan fingerprint density at radius 3 is 2.52 bits per heavy atom. The molecule has 1 aromatic rings. The van der Waals surface area contributed by atoms with Crippen LogP contribution >= 0.6 is 0 Å². The van der Waals surface area contributed by atoms with Crippen LogP contribution in [0.5, 0.6) is 0 Å². The van der Waals surface area contributed by atoms with Crippen LogP contribution in [0, 0.1) is 0 Å². The van der Waals surface area contributed by atoms with E-state index in [1.54, 1.807) is 31.2 Å².